The van der Waals surface area contributed by atoms with Gasteiger partial charge >= 0.3 is 0 Å². The van der Waals surface area contributed by atoms with Crippen LogP contribution < -0.4 is 10.9 Å². The van der Waals surface area contributed by atoms with Crippen molar-refractivity contribution in [3.8, 4) is 0 Å². The Morgan fingerprint density at radius 3 is 3.06 bits per heavy atom. The standard InChI is InChI=1S/C10H14BrN3O2/c1-2-3-4-12-8-7-13-14(5-6-15)10(16)9(8)11/h2,7,12,15H,1,3-6H2. The Morgan fingerprint density at radius 1 is 1.69 bits per heavy atom. The Hall–Kier alpha value is -1.14. The zero-order valence-corrected chi connectivity index (χ0v) is 10.4. The van der Waals surface area contributed by atoms with Gasteiger partial charge in [0.1, 0.15) is 4.47 Å². The molecule has 1 rings (SSSR count). The molecule has 0 unspecified atom stereocenters. The highest BCUT2D eigenvalue weighted by molar-refractivity contribution is 9.10. The lowest BCUT2D eigenvalue weighted by Crippen LogP contribution is -2.25. The minimum absolute atomic E-state index is 0.109. The van der Waals surface area contributed by atoms with Crippen molar-refractivity contribution in [3.63, 3.8) is 0 Å². The Labute approximate surface area is 102 Å². The molecule has 16 heavy (non-hydrogen) atoms. The van der Waals surface area contributed by atoms with Gasteiger partial charge in [-0.1, -0.05) is 6.08 Å². The van der Waals surface area contributed by atoms with Crippen molar-refractivity contribution >= 4 is 21.6 Å². The molecule has 0 fully saturated rings. The first kappa shape index (κ1) is 12.9. The van der Waals surface area contributed by atoms with E-state index in [4.69, 9.17) is 5.11 Å². The van der Waals surface area contributed by atoms with Crippen LogP contribution in [0.15, 0.2) is 28.1 Å². The number of anilines is 1. The third-order valence-corrected chi connectivity index (χ3v) is 2.73. The predicted molar refractivity (Wildman–Crippen MR) is 66.6 cm³/mol. The highest BCUT2D eigenvalue weighted by Crippen LogP contribution is 2.15. The van der Waals surface area contributed by atoms with Gasteiger partial charge in [-0.3, -0.25) is 4.79 Å². The van der Waals surface area contributed by atoms with E-state index in [1.54, 1.807) is 12.3 Å². The van der Waals surface area contributed by atoms with Gasteiger partial charge in [0, 0.05) is 6.54 Å². The fourth-order valence-corrected chi connectivity index (χ4v) is 1.60. The van der Waals surface area contributed by atoms with Crippen LogP contribution in [0.1, 0.15) is 6.42 Å². The SMILES string of the molecule is C=CCCNc1cnn(CCO)c(=O)c1Br. The van der Waals surface area contributed by atoms with Gasteiger partial charge < -0.3 is 10.4 Å². The first-order valence-corrected chi connectivity index (χ1v) is 5.71. The van der Waals surface area contributed by atoms with Crippen molar-refractivity contribution in [2.45, 2.75) is 13.0 Å². The summed E-state index contributed by atoms with van der Waals surface area (Å²) in [6.45, 7) is 4.40. The third kappa shape index (κ3) is 3.18. The summed E-state index contributed by atoms with van der Waals surface area (Å²) in [4.78, 5) is 11.7. The molecule has 1 heterocycles. The normalized spacial score (nSPS) is 10.1. The van der Waals surface area contributed by atoms with Crippen molar-refractivity contribution in [3.05, 3.63) is 33.7 Å². The van der Waals surface area contributed by atoms with Crippen molar-refractivity contribution < 1.29 is 5.11 Å². The molecule has 2 N–H and O–H groups in total. The highest BCUT2D eigenvalue weighted by Gasteiger charge is 2.07. The Morgan fingerprint density at radius 2 is 2.44 bits per heavy atom. The van der Waals surface area contributed by atoms with Crippen molar-refractivity contribution in [2.75, 3.05) is 18.5 Å². The van der Waals surface area contributed by atoms with E-state index in [-0.39, 0.29) is 18.7 Å². The number of halogens is 1. The lowest BCUT2D eigenvalue weighted by Gasteiger charge is -2.08. The van der Waals surface area contributed by atoms with E-state index in [2.05, 4.69) is 32.9 Å². The summed E-state index contributed by atoms with van der Waals surface area (Å²) in [5.74, 6) is 0. The Kier molecular flexibility index (Phi) is 5.21. The number of aromatic nitrogens is 2. The van der Waals surface area contributed by atoms with E-state index in [0.717, 1.165) is 6.42 Å². The van der Waals surface area contributed by atoms with Gasteiger partial charge in [-0.25, -0.2) is 4.68 Å². The first-order valence-electron chi connectivity index (χ1n) is 4.92. The minimum atomic E-state index is -0.252. The number of hydrogen-bond donors (Lipinski definition) is 2. The van der Waals surface area contributed by atoms with Gasteiger partial charge in [0.25, 0.3) is 5.56 Å². The highest BCUT2D eigenvalue weighted by atomic mass is 79.9. The molecular formula is C10H14BrN3O2. The molecule has 6 heteroatoms. The average Bonchev–Trinajstić information content (AvgIpc) is 2.28. The fraction of sp³-hybridized carbons (Fsp3) is 0.400. The van der Waals surface area contributed by atoms with Crippen molar-refractivity contribution in [1.82, 2.24) is 9.78 Å². The number of nitrogens with zero attached hydrogens (tertiary/aromatic N) is 2. The van der Waals surface area contributed by atoms with Crippen LogP contribution in [-0.4, -0.2) is 28.0 Å². The van der Waals surface area contributed by atoms with Gasteiger partial charge in [0.05, 0.1) is 25.0 Å². The Bertz CT molecular complexity index is 417. The minimum Gasteiger partial charge on any atom is -0.394 e. The number of hydrogen-bond acceptors (Lipinski definition) is 4. The van der Waals surface area contributed by atoms with Crippen LogP contribution >= 0.6 is 15.9 Å². The lowest BCUT2D eigenvalue weighted by atomic mass is 10.4. The second-order valence-electron chi connectivity index (χ2n) is 3.13. The lowest BCUT2D eigenvalue weighted by molar-refractivity contribution is 0.266. The van der Waals surface area contributed by atoms with E-state index in [1.807, 2.05) is 0 Å². The largest absolute Gasteiger partial charge is 0.394 e. The summed E-state index contributed by atoms with van der Waals surface area (Å²) in [7, 11) is 0. The monoisotopic (exact) mass is 287 g/mol. The number of rotatable bonds is 6. The third-order valence-electron chi connectivity index (χ3n) is 1.96. The van der Waals surface area contributed by atoms with Crippen LogP contribution in [0.5, 0.6) is 0 Å². The summed E-state index contributed by atoms with van der Waals surface area (Å²) in [6, 6.07) is 0. The van der Waals surface area contributed by atoms with Gasteiger partial charge in [0.2, 0.25) is 0 Å². The van der Waals surface area contributed by atoms with E-state index in [1.165, 1.54) is 4.68 Å². The molecule has 0 saturated heterocycles. The summed E-state index contributed by atoms with van der Waals surface area (Å²) in [5.41, 5.74) is 0.402. The molecule has 88 valence electrons. The summed E-state index contributed by atoms with van der Waals surface area (Å²) in [6.07, 6.45) is 4.16. The molecule has 1 aromatic rings. The molecule has 0 bridgehead atoms. The number of aliphatic hydroxyl groups is 1. The van der Waals surface area contributed by atoms with Gasteiger partial charge in [-0.15, -0.1) is 6.58 Å². The maximum Gasteiger partial charge on any atom is 0.283 e. The van der Waals surface area contributed by atoms with Gasteiger partial charge in [0.15, 0.2) is 0 Å². The number of nitrogens with one attached hydrogen (secondary N) is 1. The van der Waals surface area contributed by atoms with Crippen molar-refractivity contribution in [1.29, 1.82) is 0 Å². The van der Waals surface area contributed by atoms with Crippen LogP contribution in [0, 0.1) is 0 Å². The zero-order chi connectivity index (χ0) is 12.0. The quantitative estimate of drug-likeness (QED) is 0.605. The molecule has 0 amide bonds. The Balaban J connectivity index is 2.84. The maximum absolute atomic E-state index is 11.7. The van der Waals surface area contributed by atoms with E-state index in [0.29, 0.717) is 16.7 Å². The number of aliphatic hydroxyl groups excluding tert-OH is 1. The van der Waals surface area contributed by atoms with Gasteiger partial charge in [-0.2, -0.15) is 5.10 Å². The molecule has 0 aliphatic heterocycles. The molecule has 0 radical (unpaired) electrons. The summed E-state index contributed by atoms with van der Waals surface area (Å²) < 4.78 is 1.64. The molecule has 0 aromatic carbocycles. The second-order valence-corrected chi connectivity index (χ2v) is 3.92. The smallest absolute Gasteiger partial charge is 0.283 e. The molecule has 0 saturated carbocycles. The molecule has 0 aliphatic rings. The molecular weight excluding hydrogens is 274 g/mol. The van der Waals surface area contributed by atoms with E-state index < -0.39 is 0 Å². The van der Waals surface area contributed by atoms with Gasteiger partial charge in [-0.05, 0) is 22.4 Å². The maximum atomic E-state index is 11.7. The molecule has 1 aromatic heterocycles. The molecule has 5 nitrogen and oxygen atoms in total. The molecule has 0 spiro atoms. The predicted octanol–water partition coefficient (Wildman–Crippen LogP) is 0.986. The fourth-order valence-electron chi connectivity index (χ4n) is 1.15. The molecule has 0 aliphatic carbocycles. The molecule has 0 atom stereocenters. The zero-order valence-electron chi connectivity index (χ0n) is 8.82. The average molecular weight is 288 g/mol. The van der Waals surface area contributed by atoms with Crippen LogP contribution in [-0.2, 0) is 6.54 Å². The second kappa shape index (κ2) is 6.44. The van der Waals surface area contributed by atoms with Crippen LogP contribution in [0.3, 0.4) is 0 Å². The van der Waals surface area contributed by atoms with E-state index in [9.17, 15) is 4.79 Å². The summed E-state index contributed by atoms with van der Waals surface area (Å²) >= 11 is 3.21. The van der Waals surface area contributed by atoms with E-state index >= 15 is 0 Å². The van der Waals surface area contributed by atoms with Crippen LogP contribution in [0.25, 0.3) is 0 Å². The van der Waals surface area contributed by atoms with Crippen molar-refractivity contribution in [2.24, 2.45) is 0 Å². The first-order chi connectivity index (χ1) is 7.70. The van der Waals surface area contributed by atoms with Crippen LogP contribution in [0.2, 0.25) is 0 Å². The summed E-state index contributed by atoms with van der Waals surface area (Å²) in [5, 5.41) is 15.7. The van der Waals surface area contributed by atoms with Crippen LogP contribution in [0.4, 0.5) is 5.69 Å². The topological polar surface area (TPSA) is 67.2 Å².